The molecule has 1 aromatic carbocycles. The number of hydrogen-bond acceptors (Lipinski definition) is 2. The van der Waals surface area contributed by atoms with Crippen LogP contribution in [0.3, 0.4) is 0 Å². The molecular formula is C17H20OS. The Kier molecular flexibility index (Phi) is 3.64. The van der Waals surface area contributed by atoms with Gasteiger partial charge in [-0.3, -0.25) is 4.79 Å². The van der Waals surface area contributed by atoms with Crippen LogP contribution in [-0.4, -0.2) is 5.78 Å². The van der Waals surface area contributed by atoms with Crippen molar-refractivity contribution in [1.82, 2.24) is 0 Å². The van der Waals surface area contributed by atoms with Crippen molar-refractivity contribution in [3.63, 3.8) is 0 Å². The Morgan fingerprint density at radius 3 is 2.11 bits per heavy atom. The van der Waals surface area contributed by atoms with Crippen LogP contribution in [0.15, 0.2) is 47.8 Å². The molecule has 0 amide bonds. The van der Waals surface area contributed by atoms with Gasteiger partial charge in [0.1, 0.15) is 0 Å². The summed E-state index contributed by atoms with van der Waals surface area (Å²) in [5.41, 5.74) is 0.157. The van der Waals surface area contributed by atoms with Crippen LogP contribution < -0.4 is 0 Å². The van der Waals surface area contributed by atoms with Gasteiger partial charge in [0.15, 0.2) is 5.78 Å². The second-order valence-corrected chi connectivity index (χ2v) is 6.87. The van der Waals surface area contributed by atoms with Gasteiger partial charge in [0.25, 0.3) is 0 Å². The highest BCUT2D eigenvalue weighted by Crippen LogP contribution is 2.45. The first-order valence-electron chi connectivity index (χ1n) is 6.51. The van der Waals surface area contributed by atoms with Gasteiger partial charge in [-0.1, -0.05) is 64.1 Å². The van der Waals surface area contributed by atoms with E-state index in [1.807, 2.05) is 50.2 Å². The van der Waals surface area contributed by atoms with Crippen molar-refractivity contribution in [3.8, 4) is 0 Å². The van der Waals surface area contributed by atoms with E-state index < -0.39 is 5.41 Å². The average Bonchev–Trinajstić information content (AvgIpc) is 2.93. The van der Waals surface area contributed by atoms with Gasteiger partial charge in [0.05, 0.1) is 0 Å². The summed E-state index contributed by atoms with van der Waals surface area (Å²) in [4.78, 5) is 14.1. The summed E-state index contributed by atoms with van der Waals surface area (Å²) < 4.78 is 0. The molecule has 0 N–H and O–H groups in total. The summed E-state index contributed by atoms with van der Waals surface area (Å²) in [5, 5.41) is 2.07. The molecule has 0 aliphatic carbocycles. The molecule has 0 radical (unpaired) electrons. The number of thiophene rings is 1. The maximum Gasteiger partial charge on any atom is 0.169 e. The summed E-state index contributed by atoms with van der Waals surface area (Å²) in [6, 6.07) is 13.7. The number of rotatable bonds is 4. The van der Waals surface area contributed by atoms with Crippen molar-refractivity contribution in [1.29, 1.82) is 0 Å². The highest BCUT2D eigenvalue weighted by atomic mass is 32.1. The molecule has 0 aliphatic heterocycles. The minimum atomic E-state index is -0.445. The molecule has 0 saturated heterocycles. The monoisotopic (exact) mass is 272 g/mol. The van der Waals surface area contributed by atoms with Gasteiger partial charge in [-0.2, -0.15) is 0 Å². The molecule has 0 bridgehead atoms. The minimum Gasteiger partial charge on any atom is -0.294 e. The van der Waals surface area contributed by atoms with Crippen LogP contribution in [0.4, 0.5) is 0 Å². The third-order valence-corrected chi connectivity index (χ3v) is 5.50. The van der Waals surface area contributed by atoms with Gasteiger partial charge in [-0.25, -0.2) is 0 Å². The van der Waals surface area contributed by atoms with Crippen molar-refractivity contribution in [2.24, 2.45) is 5.41 Å². The van der Waals surface area contributed by atoms with E-state index >= 15 is 0 Å². The molecule has 1 aromatic heterocycles. The molecule has 1 heterocycles. The lowest BCUT2D eigenvalue weighted by Crippen LogP contribution is -2.42. The first-order chi connectivity index (χ1) is 8.87. The van der Waals surface area contributed by atoms with Crippen molar-refractivity contribution in [2.45, 2.75) is 33.1 Å². The van der Waals surface area contributed by atoms with Gasteiger partial charge >= 0.3 is 0 Å². The third kappa shape index (κ3) is 2.37. The summed E-state index contributed by atoms with van der Waals surface area (Å²) in [6.07, 6.45) is 0. The van der Waals surface area contributed by atoms with Gasteiger partial charge < -0.3 is 0 Å². The van der Waals surface area contributed by atoms with E-state index in [0.29, 0.717) is 0 Å². The average molecular weight is 272 g/mol. The molecule has 100 valence electrons. The highest BCUT2D eigenvalue weighted by Gasteiger charge is 2.44. The first-order valence-corrected chi connectivity index (χ1v) is 7.39. The molecular weight excluding hydrogens is 252 g/mol. The predicted molar refractivity (Wildman–Crippen MR) is 81.9 cm³/mol. The van der Waals surface area contributed by atoms with E-state index in [-0.39, 0.29) is 11.2 Å². The van der Waals surface area contributed by atoms with Crippen LogP contribution in [0.2, 0.25) is 0 Å². The van der Waals surface area contributed by atoms with Gasteiger partial charge in [-0.15, -0.1) is 11.3 Å². The maximum absolute atomic E-state index is 12.8. The Balaban J connectivity index is 2.40. The molecule has 0 saturated carbocycles. The smallest absolute Gasteiger partial charge is 0.169 e. The SMILES string of the molecule is CC(C)(C(=O)c1ccccc1)C(C)(C)c1cccs1. The third-order valence-electron chi connectivity index (χ3n) is 4.30. The molecule has 0 aliphatic rings. The Morgan fingerprint density at radius 1 is 0.947 bits per heavy atom. The maximum atomic E-state index is 12.8. The minimum absolute atomic E-state index is 0.186. The van der Waals surface area contributed by atoms with Crippen molar-refractivity contribution in [2.75, 3.05) is 0 Å². The molecule has 19 heavy (non-hydrogen) atoms. The number of Topliss-reactive ketones (excluding diaryl/α,β-unsaturated/α-hetero) is 1. The quantitative estimate of drug-likeness (QED) is 0.721. The molecule has 2 heteroatoms. The molecule has 0 atom stereocenters. The van der Waals surface area contributed by atoms with Crippen LogP contribution in [0, 0.1) is 5.41 Å². The largest absolute Gasteiger partial charge is 0.294 e. The van der Waals surface area contributed by atoms with Crippen LogP contribution in [0.5, 0.6) is 0 Å². The molecule has 2 rings (SSSR count). The Labute approximate surface area is 119 Å². The predicted octanol–water partition coefficient (Wildman–Crippen LogP) is 4.93. The molecule has 0 spiro atoms. The van der Waals surface area contributed by atoms with E-state index in [9.17, 15) is 4.79 Å². The highest BCUT2D eigenvalue weighted by molar-refractivity contribution is 7.10. The van der Waals surface area contributed by atoms with E-state index in [1.165, 1.54) is 4.88 Å². The lowest BCUT2D eigenvalue weighted by molar-refractivity contribution is 0.0728. The normalized spacial score (nSPS) is 12.4. The second kappa shape index (κ2) is 4.93. The van der Waals surface area contributed by atoms with Crippen LogP contribution in [-0.2, 0) is 5.41 Å². The van der Waals surface area contributed by atoms with E-state index in [4.69, 9.17) is 0 Å². The Bertz CT molecular complexity index is 550. The zero-order chi connectivity index (χ0) is 14.1. The molecule has 0 fully saturated rings. The standard InChI is InChI=1S/C17H20OS/c1-16(2,14-11-8-12-19-14)17(3,4)15(18)13-9-6-5-7-10-13/h5-12H,1-4H3. The van der Waals surface area contributed by atoms with Crippen molar-refractivity contribution < 1.29 is 4.79 Å². The fourth-order valence-electron chi connectivity index (χ4n) is 2.18. The number of hydrogen-bond donors (Lipinski definition) is 0. The topological polar surface area (TPSA) is 17.1 Å². The van der Waals surface area contributed by atoms with Gasteiger partial charge in [0.2, 0.25) is 0 Å². The number of ketones is 1. The van der Waals surface area contributed by atoms with Crippen LogP contribution in [0.25, 0.3) is 0 Å². The Morgan fingerprint density at radius 2 is 1.58 bits per heavy atom. The fraction of sp³-hybridized carbons (Fsp3) is 0.353. The fourth-order valence-corrected chi connectivity index (χ4v) is 3.19. The lowest BCUT2D eigenvalue weighted by atomic mass is 9.63. The summed E-state index contributed by atoms with van der Waals surface area (Å²) in [6.45, 7) is 8.39. The van der Waals surface area contributed by atoms with Crippen molar-refractivity contribution in [3.05, 3.63) is 58.3 Å². The van der Waals surface area contributed by atoms with Crippen LogP contribution >= 0.6 is 11.3 Å². The number of benzene rings is 1. The van der Waals surface area contributed by atoms with Gasteiger partial charge in [0, 0.05) is 21.3 Å². The number of carbonyl (C=O) groups excluding carboxylic acids is 1. The van der Waals surface area contributed by atoms with Crippen LogP contribution in [0.1, 0.15) is 42.9 Å². The summed E-state index contributed by atoms with van der Waals surface area (Å²) >= 11 is 1.72. The first kappa shape index (κ1) is 14.0. The summed E-state index contributed by atoms with van der Waals surface area (Å²) in [7, 11) is 0. The summed E-state index contributed by atoms with van der Waals surface area (Å²) in [5.74, 6) is 0.200. The van der Waals surface area contributed by atoms with Crippen molar-refractivity contribution >= 4 is 17.1 Å². The molecule has 1 nitrogen and oxygen atoms in total. The van der Waals surface area contributed by atoms with E-state index in [2.05, 4.69) is 25.3 Å². The zero-order valence-corrected chi connectivity index (χ0v) is 12.8. The number of carbonyl (C=O) groups is 1. The van der Waals surface area contributed by atoms with E-state index in [1.54, 1.807) is 11.3 Å². The molecule has 2 aromatic rings. The lowest BCUT2D eigenvalue weighted by Gasteiger charge is -2.40. The zero-order valence-electron chi connectivity index (χ0n) is 11.9. The Hall–Kier alpha value is -1.41. The van der Waals surface area contributed by atoms with Gasteiger partial charge in [-0.05, 0) is 11.4 Å². The van der Waals surface area contributed by atoms with E-state index in [0.717, 1.165) is 5.56 Å². The second-order valence-electron chi connectivity index (χ2n) is 5.92. The molecule has 0 unspecified atom stereocenters.